The van der Waals surface area contributed by atoms with E-state index in [9.17, 15) is 4.79 Å². The van der Waals surface area contributed by atoms with E-state index in [1.807, 2.05) is 21.7 Å². The number of aromatic nitrogens is 4. The number of amides is 1. The first-order valence-electron chi connectivity index (χ1n) is 10.8. The summed E-state index contributed by atoms with van der Waals surface area (Å²) in [6.45, 7) is 3.79. The highest BCUT2D eigenvalue weighted by Gasteiger charge is 2.25. The minimum absolute atomic E-state index is 0.146. The second kappa shape index (κ2) is 7.60. The number of hydrogen-bond acceptors (Lipinski definition) is 6. The molecule has 1 aliphatic heterocycles. The van der Waals surface area contributed by atoms with Gasteiger partial charge in [0.25, 0.3) is 0 Å². The van der Waals surface area contributed by atoms with E-state index >= 15 is 0 Å². The Bertz CT molecular complexity index is 1310. The van der Waals surface area contributed by atoms with Crippen molar-refractivity contribution in [3.8, 4) is 0 Å². The number of rotatable bonds is 3. The van der Waals surface area contributed by atoms with Crippen LogP contribution in [0.4, 0.5) is 0 Å². The van der Waals surface area contributed by atoms with Gasteiger partial charge in [-0.05, 0) is 48.3 Å². The molecule has 2 aliphatic rings. The largest absolute Gasteiger partial charge is 0.337 e. The highest BCUT2D eigenvalue weighted by Crippen LogP contribution is 2.39. The van der Waals surface area contributed by atoms with E-state index in [2.05, 4.69) is 35.3 Å². The minimum Gasteiger partial charge on any atom is -0.337 e. The van der Waals surface area contributed by atoms with Crippen LogP contribution in [0.3, 0.4) is 0 Å². The molecule has 1 atom stereocenters. The van der Waals surface area contributed by atoms with Gasteiger partial charge in [-0.15, -0.1) is 21.5 Å². The lowest BCUT2D eigenvalue weighted by atomic mass is 9.89. The van der Waals surface area contributed by atoms with Crippen LogP contribution < -0.4 is 0 Å². The molecule has 6 rings (SSSR count). The molecule has 0 radical (unpaired) electrons. The molecule has 0 spiro atoms. The predicted octanol–water partition coefficient (Wildman–Crippen LogP) is 4.14. The average molecular weight is 450 g/mol. The zero-order chi connectivity index (χ0) is 20.9. The summed E-state index contributed by atoms with van der Waals surface area (Å²) < 4.78 is 1.96. The van der Waals surface area contributed by atoms with E-state index in [-0.39, 0.29) is 5.91 Å². The number of fused-ring (bicyclic) bond motifs is 6. The van der Waals surface area contributed by atoms with Gasteiger partial charge in [-0.3, -0.25) is 9.20 Å². The molecule has 4 aromatic rings. The molecule has 0 fully saturated rings. The van der Waals surface area contributed by atoms with Gasteiger partial charge in [-0.2, -0.15) is 0 Å². The predicted molar refractivity (Wildman–Crippen MR) is 124 cm³/mol. The van der Waals surface area contributed by atoms with Gasteiger partial charge in [0.15, 0.2) is 10.8 Å². The Morgan fingerprint density at radius 3 is 3.00 bits per heavy atom. The molecule has 3 aromatic heterocycles. The van der Waals surface area contributed by atoms with Crippen molar-refractivity contribution in [1.82, 2.24) is 24.5 Å². The minimum atomic E-state index is 0.146. The van der Waals surface area contributed by atoms with Crippen LogP contribution in [0, 0.1) is 5.92 Å². The fraction of sp³-hybridized carbons (Fsp3) is 0.391. The molecule has 0 saturated heterocycles. The molecular formula is C23H23N5OS2. The van der Waals surface area contributed by atoms with Crippen LogP contribution in [0.2, 0.25) is 0 Å². The number of aryl methyl sites for hydroxylation is 1. The summed E-state index contributed by atoms with van der Waals surface area (Å²) in [5.41, 5.74) is 4.89. The molecule has 0 bridgehead atoms. The molecule has 1 aromatic carbocycles. The first-order valence-corrected chi connectivity index (χ1v) is 12.6. The normalized spacial score (nSPS) is 18.4. The summed E-state index contributed by atoms with van der Waals surface area (Å²) in [5, 5.41) is 10.8. The summed E-state index contributed by atoms with van der Waals surface area (Å²) in [4.78, 5) is 22.0. The summed E-state index contributed by atoms with van der Waals surface area (Å²) in [7, 11) is 0. The Morgan fingerprint density at radius 1 is 1.23 bits per heavy atom. The van der Waals surface area contributed by atoms with Crippen LogP contribution >= 0.6 is 23.1 Å². The van der Waals surface area contributed by atoms with Crippen molar-refractivity contribution in [2.24, 2.45) is 5.92 Å². The maximum Gasteiger partial charge on any atom is 0.233 e. The van der Waals surface area contributed by atoms with E-state index in [1.54, 1.807) is 11.3 Å². The SMILES string of the molecule is CC1CCc2c(sc3ncn4c(SCC(=O)N5CCc6ccccc6C5)nnc4c23)C1. The average Bonchev–Trinajstić information content (AvgIpc) is 3.37. The molecular weight excluding hydrogens is 426 g/mol. The number of hydrogen-bond donors (Lipinski definition) is 0. The van der Waals surface area contributed by atoms with Gasteiger partial charge in [0, 0.05) is 18.0 Å². The fourth-order valence-electron chi connectivity index (χ4n) is 4.74. The van der Waals surface area contributed by atoms with Gasteiger partial charge in [0.1, 0.15) is 11.2 Å². The molecule has 1 unspecified atom stereocenters. The fourth-order valence-corrected chi connectivity index (χ4v) is 6.90. The standard InChI is InChI=1S/C23H23N5OS2/c1-14-6-7-17-18(10-14)31-22-20(17)21-25-26-23(28(21)13-24-22)30-12-19(29)27-9-8-15-4-2-3-5-16(15)11-27/h2-5,13-14H,6-12H2,1H3. The monoisotopic (exact) mass is 449 g/mol. The van der Waals surface area contributed by atoms with Crippen molar-refractivity contribution in [1.29, 1.82) is 0 Å². The number of thiophene rings is 1. The smallest absolute Gasteiger partial charge is 0.233 e. The van der Waals surface area contributed by atoms with Gasteiger partial charge >= 0.3 is 0 Å². The number of benzene rings is 1. The summed E-state index contributed by atoms with van der Waals surface area (Å²) >= 11 is 3.25. The van der Waals surface area contributed by atoms with E-state index in [1.165, 1.54) is 39.8 Å². The number of nitrogens with zero attached hydrogens (tertiary/aromatic N) is 5. The second-order valence-electron chi connectivity index (χ2n) is 8.58. The Morgan fingerprint density at radius 2 is 2.10 bits per heavy atom. The van der Waals surface area contributed by atoms with Gasteiger partial charge < -0.3 is 4.90 Å². The van der Waals surface area contributed by atoms with Crippen LogP contribution in [-0.4, -0.2) is 42.7 Å². The zero-order valence-electron chi connectivity index (χ0n) is 17.4. The summed E-state index contributed by atoms with van der Waals surface area (Å²) in [5.74, 6) is 1.24. The van der Waals surface area contributed by atoms with Crippen LogP contribution in [0.15, 0.2) is 35.7 Å². The van der Waals surface area contributed by atoms with E-state index in [4.69, 9.17) is 4.98 Å². The third-order valence-electron chi connectivity index (χ3n) is 6.48. The Kier molecular flexibility index (Phi) is 4.72. The van der Waals surface area contributed by atoms with Crippen molar-refractivity contribution < 1.29 is 4.79 Å². The van der Waals surface area contributed by atoms with Gasteiger partial charge in [0.2, 0.25) is 5.91 Å². The van der Waals surface area contributed by atoms with Gasteiger partial charge in [-0.25, -0.2) is 4.98 Å². The number of carbonyl (C=O) groups excluding carboxylic acids is 1. The molecule has 6 nitrogen and oxygen atoms in total. The summed E-state index contributed by atoms with van der Waals surface area (Å²) in [6.07, 6.45) is 6.16. The third kappa shape index (κ3) is 3.32. The third-order valence-corrected chi connectivity index (χ3v) is 8.57. The lowest BCUT2D eigenvalue weighted by molar-refractivity contribution is -0.129. The van der Waals surface area contributed by atoms with Gasteiger partial charge in [-0.1, -0.05) is 43.0 Å². The van der Waals surface area contributed by atoms with Crippen molar-refractivity contribution in [3.05, 3.63) is 52.2 Å². The first-order chi connectivity index (χ1) is 15.2. The van der Waals surface area contributed by atoms with Crippen molar-refractivity contribution >= 4 is 44.9 Å². The Labute approximate surface area is 188 Å². The Hall–Kier alpha value is -2.45. The lowest BCUT2D eigenvalue weighted by Crippen LogP contribution is -2.37. The molecule has 0 N–H and O–H groups in total. The molecule has 1 amide bonds. The number of thioether (sulfide) groups is 1. The molecule has 4 heterocycles. The highest BCUT2D eigenvalue weighted by atomic mass is 32.2. The van der Waals surface area contributed by atoms with E-state index in [0.717, 1.165) is 52.7 Å². The molecule has 1 aliphatic carbocycles. The molecule has 0 saturated carbocycles. The van der Waals surface area contributed by atoms with Crippen molar-refractivity contribution in [2.75, 3.05) is 12.3 Å². The van der Waals surface area contributed by atoms with Crippen molar-refractivity contribution in [3.63, 3.8) is 0 Å². The maximum absolute atomic E-state index is 12.9. The first kappa shape index (κ1) is 19.3. The van der Waals surface area contributed by atoms with E-state index in [0.29, 0.717) is 12.3 Å². The maximum atomic E-state index is 12.9. The molecule has 31 heavy (non-hydrogen) atoms. The van der Waals surface area contributed by atoms with E-state index < -0.39 is 0 Å². The molecule has 8 heteroatoms. The van der Waals surface area contributed by atoms with Crippen LogP contribution in [0.25, 0.3) is 15.9 Å². The Balaban J connectivity index is 1.23. The van der Waals surface area contributed by atoms with Crippen LogP contribution in [0.5, 0.6) is 0 Å². The zero-order valence-corrected chi connectivity index (χ0v) is 19.0. The topological polar surface area (TPSA) is 63.4 Å². The van der Waals surface area contributed by atoms with Crippen LogP contribution in [-0.2, 0) is 30.6 Å². The number of carbonyl (C=O) groups is 1. The quantitative estimate of drug-likeness (QED) is 0.440. The van der Waals surface area contributed by atoms with Gasteiger partial charge in [0.05, 0.1) is 11.1 Å². The highest BCUT2D eigenvalue weighted by molar-refractivity contribution is 7.99. The molecule has 158 valence electrons. The second-order valence-corrected chi connectivity index (χ2v) is 10.6. The summed E-state index contributed by atoms with van der Waals surface area (Å²) in [6, 6.07) is 8.39. The van der Waals surface area contributed by atoms with Crippen molar-refractivity contribution in [2.45, 2.75) is 44.3 Å². The lowest BCUT2D eigenvalue weighted by Gasteiger charge is -2.28. The van der Waals surface area contributed by atoms with Crippen LogP contribution in [0.1, 0.15) is 34.9 Å².